The van der Waals surface area contributed by atoms with Gasteiger partial charge in [-0.15, -0.1) is 0 Å². The van der Waals surface area contributed by atoms with Crippen molar-refractivity contribution in [3.63, 3.8) is 0 Å². The van der Waals surface area contributed by atoms with Gasteiger partial charge in [0.25, 0.3) is 0 Å². The van der Waals surface area contributed by atoms with Gasteiger partial charge < -0.3 is 10.1 Å². The van der Waals surface area contributed by atoms with E-state index in [4.69, 9.17) is 4.74 Å². The van der Waals surface area contributed by atoms with Crippen molar-refractivity contribution in [1.82, 2.24) is 9.62 Å². The van der Waals surface area contributed by atoms with Gasteiger partial charge in [0.2, 0.25) is 15.9 Å². The Kier molecular flexibility index (Phi) is 6.54. The van der Waals surface area contributed by atoms with Gasteiger partial charge in [0.1, 0.15) is 11.6 Å². The van der Waals surface area contributed by atoms with E-state index in [1.165, 1.54) is 16.4 Å². The van der Waals surface area contributed by atoms with E-state index in [-0.39, 0.29) is 23.4 Å². The van der Waals surface area contributed by atoms with Crippen LogP contribution in [-0.4, -0.2) is 38.8 Å². The molecule has 1 aliphatic rings. The van der Waals surface area contributed by atoms with E-state index in [0.717, 1.165) is 17.7 Å². The minimum atomic E-state index is -3.77. The third-order valence-electron chi connectivity index (χ3n) is 5.17. The van der Waals surface area contributed by atoms with Crippen LogP contribution in [-0.2, 0) is 14.8 Å². The van der Waals surface area contributed by atoms with E-state index in [2.05, 4.69) is 5.32 Å². The second-order valence-electron chi connectivity index (χ2n) is 7.13. The van der Waals surface area contributed by atoms with Gasteiger partial charge in [-0.3, -0.25) is 4.79 Å². The van der Waals surface area contributed by atoms with Crippen LogP contribution in [0.25, 0.3) is 0 Å². The highest BCUT2D eigenvalue weighted by atomic mass is 32.2. The highest BCUT2D eigenvalue weighted by Gasteiger charge is 2.33. The van der Waals surface area contributed by atoms with Gasteiger partial charge in [0.05, 0.1) is 24.0 Å². The van der Waals surface area contributed by atoms with E-state index < -0.39 is 21.8 Å². The van der Waals surface area contributed by atoms with Crippen LogP contribution < -0.4 is 10.1 Å². The van der Waals surface area contributed by atoms with Gasteiger partial charge >= 0.3 is 0 Å². The Morgan fingerprint density at radius 1 is 1.21 bits per heavy atom. The normalized spacial score (nSPS) is 18.8. The molecular formula is C21H25FN2O4S. The number of benzene rings is 2. The van der Waals surface area contributed by atoms with E-state index in [9.17, 15) is 17.6 Å². The maximum Gasteiger partial charge on any atom is 0.243 e. The quantitative estimate of drug-likeness (QED) is 0.779. The zero-order chi connectivity index (χ0) is 21.0. The molecular weight excluding hydrogens is 395 g/mol. The van der Waals surface area contributed by atoms with Crippen molar-refractivity contribution in [2.45, 2.75) is 30.7 Å². The second-order valence-corrected chi connectivity index (χ2v) is 9.07. The number of carbonyl (C=O) groups excluding carboxylic acids is 1. The molecule has 8 heteroatoms. The predicted octanol–water partition coefficient (Wildman–Crippen LogP) is 3.11. The van der Waals surface area contributed by atoms with Crippen molar-refractivity contribution >= 4 is 15.9 Å². The van der Waals surface area contributed by atoms with E-state index in [0.29, 0.717) is 25.1 Å². The van der Waals surface area contributed by atoms with Crippen LogP contribution in [0.2, 0.25) is 0 Å². The van der Waals surface area contributed by atoms with E-state index >= 15 is 0 Å². The molecule has 1 heterocycles. The Labute approximate surface area is 170 Å². The average molecular weight is 421 g/mol. The fourth-order valence-corrected chi connectivity index (χ4v) is 5.09. The Bertz CT molecular complexity index is 963. The molecule has 1 aliphatic heterocycles. The lowest BCUT2D eigenvalue weighted by atomic mass is 9.97. The minimum absolute atomic E-state index is 0.0300. The molecule has 3 rings (SSSR count). The third kappa shape index (κ3) is 4.76. The molecule has 6 nitrogen and oxygen atoms in total. The summed E-state index contributed by atoms with van der Waals surface area (Å²) < 4.78 is 45.5. The lowest BCUT2D eigenvalue weighted by Gasteiger charge is -2.32. The summed E-state index contributed by atoms with van der Waals surface area (Å²) in [6, 6.07) is 11.9. The smallest absolute Gasteiger partial charge is 0.243 e. The van der Waals surface area contributed by atoms with Gasteiger partial charge in [-0.25, -0.2) is 12.8 Å². The monoisotopic (exact) mass is 420 g/mol. The van der Waals surface area contributed by atoms with Gasteiger partial charge in [-0.1, -0.05) is 18.2 Å². The number of halogens is 1. The molecule has 0 radical (unpaired) electrons. The molecule has 2 aromatic carbocycles. The minimum Gasteiger partial charge on any atom is -0.496 e. The van der Waals surface area contributed by atoms with Crippen molar-refractivity contribution in [3.8, 4) is 5.75 Å². The molecule has 156 valence electrons. The number of hydrogen-bond acceptors (Lipinski definition) is 4. The summed E-state index contributed by atoms with van der Waals surface area (Å²) in [6.07, 6.45) is 1.20. The molecule has 0 saturated carbocycles. The van der Waals surface area contributed by atoms with Crippen LogP contribution in [0.1, 0.15) is 31.4 Å². The third-order valence-corrected chi connectivity index (χ3v) is 7.05. The van der Waals surface area contributed by atoms with E-state index in [1.54, 1.807) is 7.11 Å². The lowest BCUT2D eigenvalue weighted by Crippen LogP contribution is -2.45. The molecule has 1 amide bonds. The Morgan fingerprint density at radius 2 is 1.90 bits per heavy atom. The zero-order valence-electron chi connectivity index (χ0n) is 16.5. The van der Waals surface area contributed by atoms with Crippen LogP contribution in [0.15, 0.2) is 53.4 Å². The number of rotatable bonds is 6. The topological polar surface area (TPSA) is 75.7 Å². The number of methoxy groups -OCH3 is 1. The molecule has 0 aliphatic carbocycles. The van der Waals surface area contributed by atoms with Gasteiger partial charge in [0, 0.05) is 18.7 Å². The molecule has 0 aromatic heterocycles. The number of nitrogens with one attached hydrogen (secondary N) is 1. The summed E-state index contributed by atoms with van der Waals surface area (Å²) in [6.45, 7) is 2.31. The van der Waals surface area contributed by atoms with Crippen LogP contribution in [0.5, 0.6) is 5.75 Å². The van der Waals surface area contributed by atoms with Gasteiger partial charge in [0.15, 0.2) is 0 Å². The van der Waals surface area contributed by atoms with Crippen LogP contribution in [0.4, 0.5) is 4.39 Å². The largest absolute Gasteiger partial charge is 0.496 e. The number of hydrogen-bond donors (Lipinski definition) is 1. The standard InChI is InChI=1S/C21H25FN2O4S/c1-15(19-7-3-4-8-20(19)28-2)23-21(25)16-6-5-13-24(14-16)29(26,27)18-11-9-17(22)10-12-18/h3-4,7-12,15-16H,5-6,13-14H2,1-2H3,(H,23,25)/t15-,16+/m0/s1. The maximum atomic E-state index is 13.1. The lowest BCUT2D eigenvalue weighted by molar-refractivity contribution is -0.126. The summed E-state index contributed by atoms with van der Waals surface area (Å²) in [5.74, 6) is -0.451. The molecule has 1 N–H and O–H groups in total. The van der Waals surface area contributed by atoms with Crippen molar-refractivity contribution < 1.29 is 22.3 Å². The van der Waals surface area contributed by atoms with Gasteiger partial charge in [-0.2, -0.15) is 4.31 Å². The molecule has 0 bridgehead atoms. The molecule has 2 aromatic rings. The number of amides is 1. The Hall–Kier alpha value is -2.45. The molecule has 2 atom stereocenters. The first-order valence-electron chi connectivity index (χ1n) is 9.52. The van der Waals surface area contributed by atoms with Crippen molar-refractivity contribution in [1.29, 1.82) is 0 Å². The summed E-state index contributed by atoms with van der Waals surface area (Å²) in [5.41, 5.74) is 0.856. The fraction of sp³-hybridized carbons (Fsp3) is 0.381. The first-order valence-corrected chi connectivity index (χ1v) is 11.0. The number of carbonyl (C=O) groups is 1. The van der Waals surface area contributed by atoms with Crippen molar-refractivity contribution in [3.05, 3.63) is 59.9 Å². The van der Waals surface area contributed by atoms with E-state index in [1.807, 2.05) is 31.2 Å². The SMILES string of the molecule is COc1ccccc1[C@H](C)NC(=O)[C@@H]1CCCN(S(=O)(=O)c2ccc(F)cc2)C1. The summed E-state index contributed by atoms with van der Waals surface area (Å²) in [7, 11) is -2.19. The van der Waals surface area contributed by atoms with Crippen LogP contribution in [0.3, 0.4) is 0 Å². The second kappa shape index (κ2) is 8.92. The molecule has 1 fully saturated rings. The Balaban J connectivity index is 1.70. The van der Waals surface area contributed by atoms with Crippen molar-refractivity contribution in [2.24, 2.45) is 5.92 Å². The molecule has 1 saturated heterocycles. The number of para-hydroxylation sites is 1. The summed E-state index contributed by atoms with van der Waals surface area (Å²) >= 11 is 0. The van der Waals surface area contributed by atoms with Crippen LogP contribution >= 0.6 is 0 Å². The number of ether oxygens (including phenoxy) is 1. The first kappa shape index (κ1) is 21.3. The zero-order valence-corrected chi connectivity index (χ0v) is 17.3. The summed E-state index contributed by atoms with van der Waals surface area (Å²) in [4.78, 5) is 12.8. The summed E-state index contributed by atoms with van der Waals surface area (Å²) in [5, 5.41) is 2.97. The van der Waals surface area contributed by atoms with Crippen molar-refractivity contribution in [2.75, 3.05) is 20.2 Å². The molecule has 29 heavy (non-hydrogen) atoms. The highest BCUT2D eigenvalue weighted by Crippen LogP contribution is 2.27. The molecule has 0 unspecified atom stereocenters. The van der Waals surface area contributed by atoms with Crippen LogP contribution in [0, 0.1) is 11.7 Å². The first-order chi connectivity index (χ1) is 13.8. The maximum absolute atomic E-state index is 13.1. The predicted molar refractivity (Wildman–Crippen MR) is 107 cm³/mol. The number of nitrogens with zero attached hydrogens (tertiary/aromatic N) is 1. The fourth-order valence-electron chi connectivity index (χ4n) is 3.56. The average Bonchev–Trinajstić information content (AvgIpc) is 2.74. The van der Waals surface area contributed by atoms with Gasteiger partial charge in [-0.05, 0) is 50.1 Å². The highest BCUT2D eigenvalue weighted by molar-refractivity contribution is 7.89. The Morgan fingerprint density at radius 3 is 2.59 bits per heavy atom. The number of piperidine rings is 1. The molecule has 0 spiro atoms. The number of sulfonamides is 1.